The van der Waals surface area contributed by atoms with Gasteiger partial charge in [0.15, 0.2) is 0 Å². The van der Waals surface area contributed by atoms with Gasteiger partial charge >= 0.3 is 6.03 Å². The van der Waals surface area contributed by atoms with Gasteiger partial charge in [-0.2, -0.15) is 0 Å². The van der Waals surface area contributed by atoms with Gasteiger partial charge in [0.05, 0.1) is 18.5 Å². The van der Waals surface area contributed by atoms with Gasteiger partial charge in [0.1, 0.15) is 29.5 Å². The van der Waals surface area contributed by atoms with Crippen molar-refractivity contribution in [2.45, 2.75) is 6.61 Å². The number of hydrogen-bond donors (Lipinski definition) is 0. The highest BCUT2D eigenvalue weighted by molar-refractivity contribution is 6.46. The summed E-state index contributed by atoms with van der Waals surface area (Å²) in [7, 11) is 1.49. The second-order valence-electron chi connectivity index (χ2n) is 8.58. The van der Waals surface area contributed by atoms with Crippen molar-refractivity contribution >= 4 is 35.3 Å². The molecule has 1 saturated heterocycles. The van der Waals surface area contributed by atoms with Crippen molar-refractivity contribution in [2.75, 3.05) is 16.9 Å². The molecule has 0 unspecified atom stereocenters. The topological polar surface area (TPSA) is 76.2 Å². The maximum atomic E-state index is 14.2. The number of para-hydroxylation sites is 2. The lowest BCUT2D eigenvalue weighted by Gasteiger charge is -2.34. The standard InChI is InChI=1S/C31H23FN2O5/c1-38-25-17-16-21(28(19-25)39-20-22-10-8-9-15-27(22)32)18-26-29(35)33(23-11-4-2-5-12-23)31(37)34(30(26)36)24-13-6-3-7-14-24/h2-19H,20H2,1H3. The monoisotopic (exact) mass is 522 g/mol. The van der Waals surface area contributed by atoms with Crippen LogP contribution in [-0.4, -0.2) is 25.0 Å². The van der Waals surface area contributed by atoms with E-state index in [1.54, 1.807) is 97.1 Å². The fourth-order valence-electron chi connectivity index (χ4n) is 4.15. The third kappa shape index (κ3) is 5.13. The second-order valence-corrected chi connectivity index (χ2v) is 8.58. The number of ether oxygens (including phenoxy) is 2. The van der Waals surface area contributed by atoms with Crippen molar-refractivity contribution in [3.05, 3.63) is 126 Å². The predicted octanol–water partition coefficient (Wildman–Crippen LogP) is 6.00. The number of imide groups is 2. The van der Waals surface area contributed by atoms with E-state index in [4.69, 9.17) is 9.47 Å². The van der Waals surface area contributed by atoms with E-state index in [1.165, 1.54) is 19.3 Å². The lowest BCUT2D eigenvalue weighted by molar-refractivity contribution is -0.121. The molecule has 4 amide bonds. The average molecular weight is 523 g/mol. The van der Waals surface area contributed by atoms with Crippen molar-refractivity contribution in [2.24, 2.45) is 0 Å². The number of benzene rings is 4. The molecule has 0 aliphatic carbocycles. The van der Waals surface area contributed by atoms with E-state index in [0.717, 1.165) is 9.80 Å². The molecule has 1 aliphatic rings. The Morgan fingerprint density at radius 1 is 0.744 bits per heavy atom. The largest absolute Gasteiger partial charge is 0.497 e. The van der Waals surface area contributed by atoms with E-state index in [0.29, 0.717) is 28.3 Å². The van der Waals surface area contributed by atoms with Gasteiger partial charge in [0, 0.05) is 17.2 Å². The summed E-state index contributed by atoms with van der Waals surface area (Å²) >= 11 is 0. The summed E-state index contributed by atoms with van der Waals surface area (Å²) in [5.41, 5.74) is 1.09. The Morgan fingerprint density at radius 3 is 1.87 bits per heavy atom. The number of nitrogens with zero attached hydrogens (tertiary/aromatic N) is 2. The van der Waals surface area contributed by atoms with Crippen LogP contribution in [-0.2, 0) is 16.2 Å². The van der Waals surface area contributed by atoms with Crippen LogP contribution in [0.15, 0.2) is 109 Å². The number of anilines is 2. The molecular weight excluding hydrogens is 499 g/mol. The SMILES string of the molecule is COc1ccc(C=C2C(=O)N(c3ccccc3)C(=O)N(c3ccccc3)C2=O)c(OCc2ccccc2F)c1. The maximum Gasteiger partial charge on any atom is 0.343 e. The molecule has 0 bridgehead atoms. The van der Waals surface area contributed by atoms with E-state index >= 15 is 0 Å². The quantitative estimate of drug-likeness (QED) is 0.220. The van der Waals surface area contributed by atoms with E-state index in [2.05, 4.69) is 0 Å². The fraction of sp³-hybridized carbons (Fsp3) is 0.0645. The van der Waals surface area contributed by atoms with Crippen LogP contribution < -0.4 is 19.3 Å². The summed E-state index contributed by atoms with van der Waals surface area (Å²) < 4.78 is 25.4. The zero-order valence-corrected chi connectivity index (χ0v) is 20.9. The van der Waals surface area contributed by atoms with Gasteiger partial charge in [-0.3, -0.25) is 9.59 Å². The molecule has 1 aliphatic heterocycles. The molecule has 0 atom stereocenters. The number of amides is 4. The Bertz CT molecular complexity index is 1510. The van der Waals surface area contributed by atoms with Crippen LogP contribution in [0.2, 0.25) is 0 Å². The summed E-state index contributed by atoms with van der Waals surface area (Å²) in [6, 6.07) is 27.0. The highest BCUT2D eigenvalue weighted by Crippen LogP contribution is 2.32. The Hall–Kier alpha value is -5.24. The minimum absolute atomic E-state index is 0.0946. The average Bonchev–Trinajstić information content (AvgIpc) is 2.96. The normalized spacial score (nSPS) is 13.5. The number of carbonyl (C=O) groups is 3. The van der Waals surface area contributed by atoms with E-state index in [1.807, 2.05) is 0 Å². The molecule has 194 valence electrons. The molecule has 1 heterocycles. The van der Waals surface area contributed by atoms with Gasteiger partial charge < -0.3 is 9.47 Å². The number of rotatable bonds is 7. The molecule has 0 N–H and O–H groups in total. The number of carbonyl (C=O) groups excluding carboxylic acids is 3. The zero-order chi connectivity index (χ0) is 27.4. The molecule has 4 aromatic rings. The van der Waals surface area contributed by atoms with Gasteiger partial charge in [-0.1, -0.05) is 54.6 Å². The van der Waals surface area contributed by atoms with Crippen LogP contribution >= 0.6 is 0 Å². The zero-order valence-electron chi connectivity index (χ0n) is 20.9. The molecule has 0 radical (unpaired) electrons. The predicted molar refractivity (Wildman–Crippen MR) is 145 cm³/mol. The van der Waals surface area contributed by atoms with E-state index in [9.17, 15) is 18.8 Å². The lowest BCUT2D eigenvalue weighted by Crippen LogP contribution is -2.57. The van der Waals surface area contributed by atoms with Crippen LogP contribution in [0.3, 0.4) is 0 Å². The third-order valence-corrected chi connectivity index (χ3v) is 6.14. The second kappa shape index (κ2) is 11.0. The number of methoxy groups -OCH3 is 1. The number of hydrogen-bond acceptors (Lipinski definition) is 5. The maximum absolute atomic E-state index is 14.2. The first-order chi connectivity index (χ1) is 19.0. The van der Waals surface area contributed by atoms with Gasteiger partial charge in [0.25, 0.3) is 11.8 Å². The van der Waals surface area contributed by atoms with Gasteiger partial charge in [-0.25, -0.2) is 19.0 Å². The Labute approximate surface area is 224 Å². The summed E-state index contributed by atoms with van der Waals surface area (Å²) in [5, 5.41) is 0. The van der Waals surface area contributed by atoms with Crippen molar-refractivity contribution in [1.82, 2.24) is 0 Å². The first-order valence-corrected chi connectivity index (χ1v) is 12.1. The number of barbiturate groups is 1. The molecule has 0 saturated carbocycles. The van der Waals surface area contributed by atoms with Gasteiger partial charge in [-0.15, -0.1) is 0 Å². The van der Waals surface area contributed by atoms with Crippen molar-refractivity contribution < 1.29 is 28.2 Å². The molecule has 7 nitrogen and oxygen atoms in total. The Morgan fingerprint density at radius 2 is 1.31 bits per heavy atom. The van der Waals surface area contributed by atoms with Crippen molar-refractivity contribution in [3.63, 3.8) is 0 Å². The molecule has 1 fully saturated rings. The third-order valence-electron chi connectivity index (χ3n) is 6.14. The molecule has 8 heteroatoms. The van der Waals surface area contributed by atoms with E-state index in [-0.39, 0.29) is 17.9 Å². The van der Waals surface area contributed by atoms with Crippen LogP contribution in [0.1, 0.15) is 11.1 Å². The lowest BCUT2D eigenvalue weighted by atomic mass is 10.0. The van der Waals surface area contributed by atoms with Gasteiger partial charge in [-0.05, 0) is 48.5 Å². The first-order valence-electron chi connectivity index (χ1n) is 12.1. The van der Waals surface area contributed by atoms with Gasteiger partial charge in [0.2, 0.25) is 0 Å². The minimum Gasteiger partial charge on any atom is -0.497 e. The number of urea groups is 1. The van der Waals surface area contributed by atoms with Crippen molar-refractivity contribution in [3.8, 4) is 11.5 Å². The van der Waals surface area contributed by atoms with Crippen LogP contribution in [0.25, 0.3) is 6.08 Å². The summed E-state index contributed by atoms with van der Waals surface area (Å²) in [5.74, 6) is -1.25. The highest BCUT2D eigenvalue weighted by atomic mass is 19.1. The van der Waals surface area contributed by atoms with E-state index < -0.39 is 23.7 Å². The highest BCUT2D eigenvalue weighted by Gasteiger charge is 2.43. The Kier molecular flexibility index (Phi) is 7.18. The summed E-state index contributed by atoms with van der Waals surface area (Å²) in [6.45, 7) is -0.0946. The molecule has 0 aromatic heterocycles. The smallest absolute Gasteiger partial charge is 0.343 e. The molecule has 0 spiro atoms. The Balaban J connectivity index is 1.59. The summed E-state index contributed by atoms with van der Waals surface area (Å²) in [4.78, 5) is 42.7. The summed E-state index contributed by atoms with van der Waals surface area (Å²) in [6.07, 6.45) is 1.37. The van der Waals surface area contributed by atoms with Crippen molar-refractivity contribution in [1.29, 1.82) is 0 Å². The molecule has 4 aromatic carbocycles. The molecule has 5 rings (SSSR count). The fourth-order valence-corrected chi connectivity index (χ4v) is 4.15. The molecule has 39 heavy (non-hydrogen) atoms. The minimum atomic E-state index is -0.787. The number of halogens is 1. The first kappa shape index (κ1) is 25.4. The van der Waals surface area contributed by atoms with Crippen LogP contribution in [0.5, 0.6) is 11.5 Å². The van der Waals surface area contributed by atoms with Crippen LogP contribution in [0, 0.1) is 5.82 Å². The van der Waals surface area contributed by atoms with Crippen LogP contribution in [0.4, 0.5) is 20.6 Å². The molecular formula is C31H23FN2O5.